The Morgan fingerprint density at radius 1 is 1.25 bits per heavy atom. The van der Waals surface area contributed by atoms with E-state index in [9.17, 15) is 0 Å². The van der Waals surface area contributed by atoms with Crippen LogP contribution in [0.15, 0.2) is 36.4 Å². The molecule has 2 aromatic rings. The predicted octanol–water partition coefficient (Wildman–Crippen LogP) is 3.12. The molecule has 0 unspecified atom stereocenters. The van der Waals surface area contributed by atoms with E-state index in [4.69, 9.17) is 0 Å². The molecule has 0 fully saturated rings. The van der Waals surface area contributed by atoms with Crippen LogP contribution in [0.4, 0.5) is 0 Å². The third-order valence-corrected chi connectivity index (χ3v) is 2.11. The maximum absolute atomic E-state index is 2.26. The molecule has 0 spiro atoms. The zero-order valence-electron chi connectivity index (χ0n) is 7.17. The largest absolute Gasteiger partial charge is 0.168 e. The van der Waals surface area contributed by atoms with Gasteiger partial charge in [0.25, 0.3) is 0 Å². The standard InChI is InChI=1S/C11H11.Ti/c1-2-9-6-7-10-4-3-5-11(10)8-9;/h3-8H,2H2,1H3;/q-1;. The van der Waals surface area contributed by atoms with Crippen molar-refractivity contribution in [2.75, 3.05) is 0 Å². The minimum absolute atomic E-state index is 0. The smallest absolute Gasteiger partial charge is 0 e. The Morgan fingerprint density at radius 2 is 2.08 bits per heavy atom. The van der Waals surface area contributed by atoms with Crippen LogP contribution in [-0.2, 0) is 28.1 Å². The van der Waals surface area contributed by atoms with Crippen LogP contribution in [0.25, 0.3) is 10.8 Å². The van der Waals surface area contributed by atoms with Crippen molar-refractivity contribution in [3.05, 3.63) is 42.0 Å². The quantitative estimate of drug-likeness (QED) is 0.479. The van der Waals surface area contributed by atoms with Crippen LogP contribution in [0.3, 0.4) is 0 Å². The summed E-state index contributed by atoms with van der Waals surface area (Å²) < 4.78 is 0. The van der Waals surface area contributed by atoms with Gasteiger partial charge in [0.2, 0.25) is 0 Å². The summed E-state index contributed by atoms with van der Waals surface area (Å²) in [4.78, 5) is 0. The molecule has 0 aliphatic rings. The van der Waals surface area contributed by atoms with Gasteiger partial charge in [-0.2, -0.15) is 17.5 Å². The Balaban J connectivity index is 0.000000720. The number of rotatable bonds is 1. The third kappa shape index (κ3) is 1.65. The van der Waals surface area contributed by atoms with Gasteiger partial charge >= 0.3 is 0 Å². The van der Waals surface area contributed by atoms with E-state index >= 15 is 0 Å². The zero-order valence-corrected chi connectivity index (χ0v) is 8.73. The molecule has 0 atom stereocenters. The molecule has 1 heteroatoms. The van der Waals surface area contributed by atoms with E-state index in [1.54, 1.807) is 0 Å². The molecule has 2 rings (SSSR count). The summed E-state index contributed by atoms with van der Waals surface area (Å²) in [5, 5.41) is 2.71. The summed E-state index contributed by atoms with van der Waals surface area (Å²) in [5.41, 5.74) is 1.42. The SMILES string of the molecule is CCc1ccc2[cH-]ccc2c1.[Ti]. The van der Waals surface area contributed by atoms with Crippen molar-refractivity contribution in [2.45, 2.75) is 13.3 Å². The van der Waals surface area contributed by atoms with Crippen molar-refractivity contribution in [3.8, 4) is 0 Å². The van der Waals surface area contributed by atoms with Crippen LogP contribution in [0.2, 0.25) is 0 Å². The average molecular weight is 191 g/mol. The molecular formula is C11H11Ti-. The second kappa shape index (κ2) is 3.98. The van der Waals surface area contributed by atoms with Gasteiger partial charge in [-0.15, -0.1) is 29.7 Å². The minimum Gasteiger partial charge on any atom is -0.168 e. The van der Waals surface area contributed by atoms with Gasteiger partial charge in [0.1, 0.15) is 0 Å². The number of benzene rings is 1. The van der Waals surface area contributed by atoms with E-state index in [1.807, 2.05) is 0 Å². The summed E-state index contributed by atoms with van der Waals surface area (Å²) in [7, 11) is 0. The van der Waals surface area contributed by atoms with Crippen molar-refractivity contribution < 1.29 is 21.7 Å². The number of aryl methyl sites for hydroxylation is 1. The van der Waals surface area contributed by atoms with Crippen molar-refractivity contribution in [2.24, 2.45) is 0 Å². The van der Waals surface area contributed by atoms with E-state index in [-0.39, 0.29) is 21.7 Å². The molecule has 0 nitrogen and oxygen atoms in total. The Bertz CT molecular complexity index is 360. The molecule has 0 saturated carbocycles. The van der Waals surface area contributed by atoms with Crippen LogP contribution >= 0.6 is 0 Å². The van der Waals surface area contributed by atoms with Gasteiger partial charge in [-0.05, 0) is 6.42 Å². The molecular weight excluding hydrogens is 180 g/mol. The van der Waals surface area contributed by atoms with Crippen molar-refractivity contribution >= 4 is 10.8 Å². The van der Waals surface area contributed by atoms with E-state index < -0.39 is 0 Å². The second-order valence-corrected chi connectivity index (χ2v) is 2.84. The summed E-state index contributed by atoms with van der Waals surface area (Å²) in [6.07, 6.45) is 1.13. The van der Waals surface area contributed by atoms with E-state index in [1.165, 1.54) is 16.3 Å². The Hall–Kier alpha value is -0.456. The molecule has 0 radical (unpaired) electrons. The second-order valence-electron chi connectivity index (χ2n) is 2.84. The fourth-order valence-electron chi connectivity index (χ4n) is 1.40. The molecule has 0 aliphatic carbocycles. The van der Waals surface area contributed by atoms with Crippen molar-refractivity contribution in [3.63, 3.8) is 0 Å². The summed E-state index contributed by atoms with van der Waals surface area (Å²) in [6.45, 7) is 2.18. The molecule has 2 aromatic carbocycles. The van der Waals surface area contributed by atoms with Gasteiger partial charge in [0.15, 0.2) is 0 Å². The Morgan fingerprint density at radius 3 is 2.83 bits per heavy atom. The average Bonchev–Trinajstić information content (AvgIpc) is 2.50. The number of hydrogen-bond acceptors (Lipinski definition) is 0. The van der Waals surface area contributed by atoms with Gasteiger partial charge in [-0.3, -0.25) is 0 Å². The maximum atomic E-state index is 2.26. The maximum Gasteiger partial charge on any atom is 0 e. The molecule has 0 aromatic heterocycles. The van der Waals surface area contributed by atoms with Gasteiger partial charge in [-0.1, -0.05) is 12.5 Å². The van der Waals surface area contributed by atoms with Crippen molar-refractivity contribution in [1.82, 2.24) is 0 Å². The Kier molecular flexibility index (Phi) is 3.19. The van der Waals surface area contributed by atoms with Crippen LogP contribution in [0.1, 0.15) is 12.5 Å². The first-order valence-electron chi connectivity index (χ1n) is 4.04. The van der Waals surface area contributed by atoms with Crippen LogP contribution in [0, 0.1) is 0 Å². The topological polar surface area (TPSA) is 0 Å². The summed E-state index contributed by atoms with van der Waals surface area (Å²) >= 11 is 0. The first kappa shape index (κ1) is 9.63. The summed E-state index contributed by atoms with van der Waals surface area (Å²) in [5.74, 6) is 0. The molecule has 0 heterocycles. The molecule has 0 N–H and O–H groups in total. The third-order valence-electron chi connectivity index (χ3n) is 2.11. The van der Waals surface area contributed by atoms with Crippen LogP contribution < -0.4 is 0 Å². The normalized spacial score (nSPS) is 9.75. The fourth-order valence-corrected chi connectivity index (χ4v) is 1.40. The number of fused-ring (bicyclic) bond motifs is 1. The Labute approximate surface area is 87.8 Å². The molecule has 0 saturated heterocycles. The van der Waals surface area contributed by atoms with Crippen LogP contribution in [0.5, 0.6) is 0 Å². The van der Waals surface area contributed by atoms with E-state index in [2.05, 4.69) is 43.3 Å². The van der Waals surface area contributed by atoms with Crippen molar-refractivity contribution in [1.29, 1.82) is 0 Å². The van der Waals surface area contributed by atoms with Gasteiger partial charge in [0, 0.05) is 21.7 Å². The van der Waals surface area contributed by atoms with E-state index in [0.717, 1.165) is 6.42 Å². The number of hydrogen-bond donors (Lipinski definition) is 0. The predicted molar refractivity (Wildman–Crippen MR) is 48.9 cm³/mol. The molecule has 0 bridgehead atoms. The molecule has 0 amide bonds. The monoisotopic (exact) mass is 191 g/mol. The zero-order chi connectivity index (χ0) is 7.68. The van der Waals surface area contributed by atoms with Crippen LogP contribution in [-0.4, -0.2) is 0 Å². The first-order valence-corrected chi connectivity index (χ1v) is 4.04. The fraction of sp³-hybridized carbons (Fsp3) is 0.182. The minimum atomic E-state index is 0. The van der Waals surface area contributed by atoms with Gasteiger partial charge < -0.3 is 0 Å². The van der Waals surface area contributed by atoms with Gasteiger partial charge in [0.05, 0.1) is 0 Å². The van der Waals surface area contributed by atoms with E-state index in [0.29, 0.717) is 0 Å². The molecule has 12 heavy (non-hydrogen) atoms. The molecule has 60 valence electrons. The first-order chi connectivity index (χ1) is 5.40. The summed E-state index contributed by atoms with van der Waals surface area (Å²) in [6, 6.07) is 13.1. The molecule has 0 aliphatic heterocycles. The van der Waals surface area contributed by atoms with Gasteiger partial charge in [-0.25, -0.2) is 0 Å².